The molecule has 0 spiro atoms. The lowest BCUT2D eigenvalue weighted by atomic mass is 10.1. The van der Waals surface area contributed by atoms with Crippen molar-refractivity contribution >= 4 is 17.6 Å². The molecule has 2 aromatic heterocycles. The minimum Gasteiger partial charge on any atom is -0.444 e. The number of carbonyl (C=O) groups is 2. The van der Waals surface area contributed by atoms with Crippen LogP contribution in [0.3, 0.4) is 0 Å². The second-order valence-corrected chi connectivity index (χ2v) is 8.74. The lowest BCUT2D eigenvalue weighted by molar-refractivity contribution is 0.0526. The second kappa shape index (κ2) is 9.74. The zero-order chi connectivity index (χ0) is 24.1. The number of hydrogen-bond donors (Lipinski definition) is 2. The van der Waals surface area contributed by atoms with Gasteiger partial charge in [-0.3, -0.25) is 4.79 Å². The molecule has 0 bridgehead atoms. The Morgan fingerprint density at radius 2 is 1.50 bits per heavy atom. The normalized spacial score (nSPS) is 11.3. The van der Waals surface area contributed by atoms with Crippen molar-refractivity contribution in [2.45, 2.75) is 26.4 Å². The van der Waals surface area contributed by atoms with Crippen molar-refractivity contribution in [3.8, 4) is 22.5 Å². The number of nitrogens with one attached hydrogen (secondary N) is 2. The van der Waals surface area contributed by atoms with Crippen LogP contribution in [0.25, 0.3) is 28.2 Å². The fourth-order valence-electron chi connectivity index (χ4n) is 3.40. The van der Waals surface area contributed by atoms with E-state index < -0.39 is 11.7 Å². The van der Waals surface area contributed by atoms with Gasteiger partial charge in [0.15, 0.2) is 11.3 Å². The molecular weight excluding hydrogens is 430 g/mol. The number of amides is 2. The molecule has 0 saturated carbocycles. The molecule has 8 nitrogen and oxygen atoms in total. The quantitative estimate of drug-likeness (QED) is 0.420. The highest BCUT2D eigenvalue weighted by molar-refractivity contribution is 5.93. The minimum absolute atomic E-state index is 0.236. The molecule has 2 amide bonds. The van der Waals surface area contributed by atoms with E-state index in [0.29, 0.717) is 5.65 Å². The Morgan fingerprint density at radius 1 is 0.882 bits per heavy atom. The summed E-state index contributed by atoms with van der Waals surface area (Å²) >= 11 is 0. The van der Waals surface area contributed by atoms with Crippen LogP contribution in [0.5, 0.6) is 0 Å². The molecule has 2 N–H and O–H groups in total. The highest BCUT2D eigenvalue weighted by atomic mass is 16.6. The van der Waals surface area contributed by atoms with E-state index in [0.717, 1.165) is 22.5 Å². The molecule has 4 rings (SSSR count). The van der Waals surface area contributed by atoms with Crippen LogP contribution in [0.1, 0.15) is 31.3 Å². The molecule has 0 fully saturated rings. The second-order valence-electron chi connectivity index (χ2n) is 8.74. The molecule has 0 atom stereocenters. The fraction of sp³-hybridized carbons (Fsp3) is 0.231. The first-order valence-corrected chi connectivity index (χ1v) is 11.1. The summed E-state index contributed by atoms with van der Waals surface area (Å²) in [6.07, 6.45) is -0.528. The van der Waals surface area contributed by atoms with Gasteiger partial charge in [-0.2, -0.15) is 5.10 Å². The van der Waals surface area contributed by atoms with Crippen molar-refractivity contribution < 1.29 is 14.3 Å². The molecule has 8 heteroatoms. The van der Waals surface area contributed by atoms with Crippen molar-refractivity contribution in [3.05, 3.63) is 78.5 Å². The average Bonchev–Trinajstić information content (AvgIpc) is 3.25. The minimum atomic E-state index is -0.577. The molecule has 34 heavy (non-hydrogen) atoms. The lowest BCUT2D eigenvalue weighted by Gasteiger charge is -2.19. The van der Waals surface area contributed by atoms with E-state index >= 15 is 0 Å². The first kappa shape index (κ1) is 23.0. The maximum Gasteiger partial charge on any atom is 0.407 e. The molecule has 4 aromatic rings. The van der Waals surface area contributed by atoms with Crippen LogP contribution in [0.4, 0.5) is 4.79 Å². The zero-order valence-corrected chi connectivity index (χ0v) is 19.4. The van der Waals surface area contributed by atoms with E-state index in [4.69, 9.17) is 9.72 Å². The molecule has 0 saturated heterocycles. The number of ether oxygens (including phenoxy) is 1. The third-order valence-corrected chi connectivity index (χ3v) is 4.88. The van der Waals surface area contributed by atoms with Crippen LogP contribution < -0.4 is 10.6 Å². The van der Waals surface area contributed by atoms with Crippen LogP contribution in [-0.2, 0) is 4.74 Å². The fourth-order valence-corrected chi connectivity index (χ4v) is 3.40. The van der Waals surface area contributed by atoms with E-state index in [-0.39, 0.29) is 24.7 Å². The van der Waals surface area contributed by atoms with Gasteiger partial charge < -0.3 is 15.4 Å². The standard InChI is InChI=1S/C26H27N5O3/c1-26(2,3)34-25(33)28-15-14-27-24(32)21-17-23-29-20(18-10-6-4-7-11-18)16-22(31(23)30-21)19-12-8-5-9-13-19/h4-13,16-17H,14-15H2,1-3H3,(H,27,32)(H,28,33). The first-order chi connectivity index (χ1) is 16.3. The lowest BCUT2D eigenvalue weighted by Crippen LogP contribution is -2.37. The summed E-state index contributed by atoms with van der Waals surface area (Å²) in [6.45, 7) is 5.84. The number of carbonyl (C=O) groups excluding carboxylic acids is 2. The Labute approximate surface area is 198 Å². The summed E-state index contributed by atoms with van der Waals surface area (Å²) in [5.74, 6) is -0.350. The van der Waals surface area contributed by atoms with Crippen molar-refractivity contribution in [1.82, 2.24) is 25.2 Å². The van der Waals surface area contributed by atoms with Gasteiger partial charge in [-0.05, 0) is 26.8 Å². The van der Waals surface area contributed by atoms with Gasteiger partial charge in [-0.25, -0.2) is 14.3 Å². The van der Waals surface area contributed by atoms with Gasteiger partial charge in [0.2, 0.25) is 0 Å². The van der Waals surface area contributed by atoms with Crippen LogP contribution in [0.15, 0.2) is 72.8 Å². The van der Waals surface area contributed by atoms with Crippen molar-refractivity contribution in [3.63, 3.8) is 0 Å². The Hall–Kier alpha value is -4.20. The first-order valence-electron chi connectivity index (χ1n) is 11.1. The molecule has 0 aliphatic heterocycles. The van der Waals surface area contributed by atoms with Gasteiger partial charge in [0.25, 0.3) is 5.91 Å². The van der Waals surface area contributed by atoms with E-state index in [9.17, 15) is 9.59 Å². The molecule has 0 unspecified atom stereocenters. The number of benzene rings is 2. The number of aromatic nitrogens is 3. The van der Waals surface area contributed by atoms with Gasteiger partial charge in [0.1, 0.15) is 5.60 Å². The summed E-state index contributed by atoms with van der Waals surface area (Å²) in [7, 11) is 0. The molecule has 174 valence electrons. The van der Waals surface area contributed by atoms with Crippen molar-refractivity contribution in [1.29, 1.82) is 0 Å². The summed E-state index contributed by atoms with van der Waals surface area (Å²) < 4.78 is 6.86. The molecule has 2 heterocycles. The smallest absolute Gasteiger partial charge is 0.407 e. The van der Waals surface area contributed by atoms with Gasteiger partial charge in [-0.15, -0.1) is 0 Å². The van der Waals surface area contributed by atoms with E-state index in [2.05, 4.69) is 15.7 Å². The van der Waals surface area contributed by atoms with Crippen molar-refractivity contribution in [2.24, 2.45) is 0 Å². The topological polar surface area (TPSA) is 97.6 Å². The predicted molar refractivity (Wildman–Crippen MR) is 130 cm³/mol. The largest absolute Gasteiger partial charge is 0.444 e. The van der Waals surface area contributed by atoms with Crippen molar-refractivity contribution in [2.75, 3.05) is 13.1 Å². The molecule has 0 aliphatic rings. The molecular formula is C26H27N5O3. The number of fused-ring (bicyclic) bond motifs is 1. The van der Waals surface area contributed by atoms with Gasteiger partial charge in [-0.1, -0.05) is 60.7 Å². The monoisotopic (exact) mass is 457 g/mol. The summed E-state index contributed by atoms with van der Waals surface area (Å²) in [5, 5.41) is 9.90. The zero-order valence-electron chi connectivity index (χ0n) is 19.4. The predicted octanol–water partition coefficient (Wildman–Crippen LogP) is 4.32. The maximum atomic E-state index is 12.7. The molecule has 2 aromatic carbocycles. The number of rotatable bonds is 6. The van der Waals surface area contributed by atoms with Crippen LogP contribution in [0, 0.1) is 0 Å². The number of hydrogen-bond acceptors (Lipinski definition) is 5. The third-order valence-electron chi connectivity index (χ3n) is 4.88. The Kier molecular flexibility index (Phi) is 6.58. The summed E-state index contributed by atoms with van der Waals surface area (Å²) in [5.41, 5.74) is 3.79. The van der Waals surface area contributed by atoms with Crippen LogP contribution >= 0.6 is 0 Å². The van der Waals surface area contributed by atoms with Crippen LogP contribution in [-0.4, -0.2) is 45.3 Å². The SMILES string of the molecule is CC(C)(C)OC(=O)NCCNC(=O)c1cc2nc(-c3ccccc3)cc(-c3ccccc3)n2n1. The highest BCUT2D eigenvalue weighted by Gasteiger charge is 2.17. The molecule has 0 aliphatic carbocycles. The van der Waals surface area contributed by atoms with Gasteiger partial charge >= 0.3 is 6.09 Å². The average molecular weight is 458 g/mol. The van der Waals surface area contributed by atoms with E-state index in [1.807, 2.05) is 66.7 Å². The van der Waals surface area contributed by atoms with Gasteiger partial charge in [0.05, 0.1) is 11.4 Å². The van der Waals surface area contributed by atoms with Gasteiger partial charge in [0, 0.05) is 30.3 Å². The van der Waals surface area contributed by atoms with E-state index in [1.54, 1.807) is 31.4 Å². The Bertz CT molecular complexity index is 1290. The Balaban J connectivity index is 1.55. The highest BCUT2D eigenvalue weighted by Crippen LogP contribution is 2.26. The molecule has 0 radical (unpaired) electrons. The maximum absolute atomic E-state index is 12.7. The summed E-state index contributed by atoms with van der Waals surface area (Å²) in [4.78, 5) is 29.2. The Morgan fingerprint density at radius 3 is 2.15 bits per heavy atom. The number of alkyl carbamates (subject to hydrolysis) is 1. The van der Waals surface area contributed by atoms with Crippen LogP contribution in [0.2, 0.25) is 0 Å². The summed E-state index contributed by atoms with van der Waals surface area (Å²) in [6, 6.07) is 23.4. The number of nitrogens with zero attached hydrogens (tertiary/aromatic N) is 3. The third kappa shape index (κ3) is 5.58. The van der Waals surface area contributed by atoms with E-state index in [1.165, 1.54) is 0 Å².